The number of aromatic nitrogens is 2. The normalized spacial score (nSPS) is 20.8. The fraction of sp³-hybridized carbons (Fsp3) is 0.394. The molecule has 2 amide bonds. The van der Waals surface area contributed by atoms with E-state index in [4.69, 9.17) is 4.98 Å². The molecule has 4 aromatic rings. The van der Waals surface area contributed by atoms with Gasteiger partial charge in [-0.15, -0.1) is 0 Å². The van der Waals surface area contributed by atoms with E-state index in [1.54, 1.807) is 0 Å². The highest BCUT2D eigenvalue weighted by Crippen LogP contribution is 2.42. The molecular formula is C33H39N5O. The first-order valence-electron chi connectivity index (χ1n) is 14.4. The number of urea groups is 1. The van der Waals surface area contributed by atoms with Gasteiger partial charge in [-0.3, -0.25) is 9.80 Å². The van der Waals surface area contributed by atoms with Crippen LogP contribution < -0.4 is 10.2 Å². The van der Waals surface area contributed by atoms with Gasteiger partial charge in [0.2, 0.25) is 0 Å². The van der Waals surface area contributed by atoms with Gasteiger partial charge in [0.25, 0.3) is 0 Å². The number of nitrogens with zero attached hydrogens (tertiary/aromatic N) is 4. The summed E-state index contributed by atoms with van der Waals surface area (Å²) in [6, 6.07) is 28.5. The monoisotopic (exact) mass is 521 g/mol. The Morgan fingerprint density at radius 2 is 1.59 bits per heavy atom. The molecule has 1 aromatic heterocycles. The number of para-hydroxylation sites is 3. The molecule has 2 bridgehead atoms. The number of nitrogens with one attached hydrogen (secondary N) is 1. The number of carbonyl (C=O) groups is 1. The maximum atomic E-state index is 13.4. The van der Waals surface area contributed by atoms with Gasteiger partial charge >= 0.3 is 6.03 Å². The maximum Gasteiger partial charge on any atom is 0.322 e. The lowest BCUT2D eigenvalue weighted by molar-refractivity contribution is 0.107. The zero-order valence-corrected chi connectivity index (χ0v) is 23.1. The quantitative estimate of drug-likeness (QED) is 0.283. The van der Waals surface area contributed by atoms with Crippen molar-refractivity contribution < 1.29 is 4.79 Å². The molecule has 0 spiro atoms. The molecule has 3 atom stereocenters. The Labute approximate surface area is 231 Å². The second-order valence-corrected chi connectivity index (χ2v) is 11.2. The summed E-state index contributed by atoms with van der Waals surface area (Å²) >= 11 is 0. The number of carbonyl (C=O) groups excluding carboxylic acids is 1. The molecule has 202 valence electrons. The number of imidazole rings is 1. The number of benzene rings is 3. The molecule has 3 aromatic carbocycles. The molecule has 6 heteroatoms. The van der Waals surface area contributed by atoms with E-state index < -0.39 is 0 Å². The van der Waals surface area contributed by atoms with Gasteiger partial charge in [-0.1, -0.05) is 54.6 Å². The Morgan fingerprint density at radius 3 is 2.36 bits per heavy atom. The molecule has 0 aliphatic carbocycles. The van der Waals surface area contributed by atoms with E-state index in [2.05, 4.69) is 65.0 Å². The van der Waals surface area contributed by atoms with Crippen LogP contribution in [0, 0.1) is 13.8 Å². The lowest BCUT2D eigenvalue weighted by Gasteiger charge is -2.40. The van der Waals surface area contributed by atoms with Crippen molar-refractivity contribution in [3.63, 3.8) is 0 Å². The number of rotatable bonds is 8. The van der Waals surface area contributed by atoms with Gasteiger partial charge in [0.05, 0.1) is 11.0 Å². The van der Waals surface area contributed by atoms with Crippen LogP contribution in [-0.2, 0) is 6.54 Å². The van der Waals surface area contributed by atoms with Crippen molar-refractivity contribution in [1.29, 1.82) is 0 Å². The largest absolute Gasteiger partial charge is 0.334 e. The highest BCUT2D eigenvalue weighted by Gasteiger charge is 2.41. The third-order valence-electron chi connectivity index (χ3n) is 8.80. The average Bonchev–Trinajstić information content (AvgIpc) is 3.41. The van der Waals surface area contributed by atoms with E-state index >= 15 is 0 Å². The second-order valence-electron chi connectivity index (χ2n) is 11.2. The molecule has 3 heterocycles. The molecular weight excluding hydrogens is 482 g/mol. The van der Waals surface area contributed by atoms with E-state index in [0.717, 1.165) is 35.6 Å². The van der Waals surface area contributed by atoms with Crippen molar-refractivity contribution in [1.82, 2.24) is 19.8 Å². The van der Waals surface area contributed by atoms with Crippen LogP contribution in [0.2, 0.25) is 0 Å². The summed E-state index contributed by atoms with van der Waals surface area (Å²) in [5, 5.41) is 3.16. The Bertz CT molecular complexity index is 1420. The predicted octanol–water partition coefficient (Wildman–Crippen LogP) is 6.63. The topological polar surface area (TPSA) is 53.4 Å². The lowest BCUT2D eigenvalue weighted by atomic mass is 9.96. The first kappa shape index (κ1) is 25.6. The molecule has 2 saturated heterocycles. The molecule has 39 heavy (non-hydrogen) atoms. The van der Waals surface area contributed by atoms with Gasteiger partial charge in [0.15, 0.2) is 0 Å². The van der Waals surface area contributed by atoms with Crippen molar-refractivity contribution in [2.45, 2.75) is 70.6 Å². The van der Waals surface area contributed by atoms with E-state index in [1.165, 1.54) is 36.8 Å². The summed E-state index contributed by atoms with van der Waals surface area (Å²) in [5.41, 5.74) is 5.67. The van der Waals surface area contributed by atoms with Crippen molar-refractivity contribution in [3.8, 4) is 0 Å². The smallest absolute Gasteiger partial charge is 0.322 e. The number of hydrogen-bond donors (Lipinski definition) is 1. The van der Waals surface area contributed by atoms with Crippen LogP contribution in [0.5, 0.6) is 0 Å². The summed E-state index contributed by atoms with van der Waals surface area (Å²) < 4.78 is 2.49. The first-order valence-corrected chi connectivity index (χ1v) is 14.4. The predicted molar refractivity (Wildman–Crippen MR) is 158 cm³/mol. The molecule has 2 aliphatic heterocycles. The van der Waals surface area contributed by atoms with Crippen LogP contribution in [0.1, 0.15) is 55.1 Å². The average molecular weight is 522 g/mol. The van der Waals surface area contributed by atoms with Crippen LogP contribution in [0.4, 0.5) is 10.5 Å². The fourth-order valence-corrected chi connectivity index (χ4v) is 6.89. The highest BCUT2D eigenvalue weighted by molar-refractivity contribution is 5.91. The molecule has 6 rings (SSSR count). The summed E-state index contributed by atoms with van der Waals surface area (Å²) in [6.07, 6.45) is 5.85. The van der Waals surface area contributed by atoms with Crippen LogP contribution in [-0.4, -0.2) is 45.7 Å². The molecule has 6 nitrogen and oxygen atoms in total. The van der Waals surface area contributed by atoms with Crippen LogP contribution in [0.25, 0.3) is 11.0 Å². The van der Waals surface area contributed by atoms with Gasteiger partial charge in [-0.25, -0.2) is 9.78 Å². The number of fused-ring (bicyclic) bond motifs is 3. The summed E-state index contributed by atoms with van der Waals surface area (Å²) in [7, 11) is 0. The van der Waals surface area contributed by atoms with Crippen LogP contribution in [0.3, 0.4) is 0 Å². The zero-order chi connectivity index (χ0) is 26.8. The van der Waals surface area contributed by atoms with Crippen molar-refractivity contribution in [2.75, 3.05) is 18.0 Å². The minimum absolute atomic E-state index is 0.0337. The van der Waals surface area contributed by atoms with Gasteiger partial charge < -0.3 is 9.88 Å². The second kappa shape index (κ2) is 11.2. The molecule has 2 aliphatic rings. The molecule has 0 saturated carbocycles. The number of amides is 2. The Hall–Kier alpha value is -3.64. The van der Waals surface area contributed by atoms with Gasteiger partial charge in [0, 0.05) is 43.4 Å². The molecule has 2 fully saturated rings. The molecule has 0 radical (unpaired) electrons. The highest BCUT2D eigenvalue weighted by atomic mass is 16.2. The first-order chi connectivity index (χ1) is 19.1. The third kappa shape index (κ3) is 5.30. The fourth-order valence-electron chi connectivity index (χ4n) is 6.89. The van der Waals surface area contributed by atoms with Crippen molar-refractivity contribution >= 4 is 22.8 Å². The van der Waals surface area contributed by atoms with E-state index in [0.29, 0.717) is 31.2 Å². The summed E-state index contributed by atoms with van der Waals surface area (Å²) in [5.74, 6) is 1.13. The van der Waals surface area contributed by atoms with Gasteiger partial charge in [-0.05, 0) is 81.3 Å². The van der Waals surface area contributed by atoms with E-state index in [9.17, 15) is 4.79 Å². The number of piperidine rings is 1. The van der Waals surface area contributed by atoms with Crippen LogP contribution in [0.15, 0.2) is 78.9 Å². The summed E-state index contributed by atoms with van der Waals surface area (Å²) in [6.45, 7) is 6.50. The SMILES string of the molecule is Cc1ccccc1CNC(=O)N(CCCN1[C@@H]2CC[C@H]1CC(n1c(C)nc3ccccc31)C2)c1ccccc1. The Kier molecular flexibility index (Phi) is 7.38. The lowest BCUT2D eigenvalue weighted by Crippen LogP contribution is -2.45. The minimum atomic E-state index is -0.0337. The summed E-state index contributed by atoms with van der Waals surface area (Å²) in [4.78, 5) is 22.8. The maximum absolute atomic E-state index is 13.4. The van der Waals surface area contributed by atoms with Crippen LogP contribution >= 0.6 is 0 Å². The van der Waals surface area contributed by atoms with Gasteiger partial charge in [0.1, 0.15) is 5.82 Å². The minimum Gasteiger partial charge on any atom is -0.334 e. The number of anilines is 1. The zero-order valence-electron chi connectivity index (χ0n) is 23.1. The molecule has 1 N–H and O–H groups in total. The van der Waals surface area contributed by atoms with E-state index in [-0.39, 0.29) is 6.03 Å². The van der Waals surface area contributed by atoms with E-state index in [1.807, 2.05) is 47.4 Å². The van der Waals surface area contributed by atoms with Crippen molar-refractivity contribution in [3.05, 3.63) is 95.8 Å². The number of hydrogen-bond acceptors (Lipinski definition) is 3. The number of aryl methyl sites for hydroxylation is 2. The third-order valence-corrected chi connectivity index (χ3v) is 8.80. The Morgan fingerprint density at radius 1 is 0.897 bits per heavy atom. The standard InChI is InChI=1S/C33H39N5O/c1-24-11-6-7-12-26(24)23-34-33(39)37(27-13-4-3-5-14-27)20-10-19-36-28-17-18-29(36)22-30(21-28)38-25(2)35-31-15-8-9-16-32(31)38/h3-9,11-16,28-30H,10,17-23H2,1-2H3,(H,34,39)/t28-,29+,30?. The Balaban J connectivity index is 1.10. The van der Waals surface area contributed by atoms with Crippen molar-refractivity contribution in [2.24, 2.45) is 0 Å². The van der Waals surface area contributed by atoms with Gasteiger partial charge in [-0.2, -0.15) is 0 Å². The molecule has 1 unspecified atom stereocenters.